The Kier molecular flexibility index (Phi) is 5.60. The van der Waals surface area contributed by atoms with Crippen LogP contribution < -0.4 is 10.2 Å². The van der Waals surface area contributed by atoms with Crippen LogP contribution in [0.2, 0.25) is 0 Å². The molecule has 31 heavy (non-hydrogen) atoms. The lowest BCUT2D eigenvalue weighted by atomic mass is 9.80. The van der Waals surface area contributed by atoms with Crippen LogP contribution in [0.5, 0.6) is 0 Å². The first-order valence-corrected chi connectivity index (χ1v) is 10.4. The fraction of sp³-hybridized carbons (Fsp3) is 0.333. The van der Waals surface area contributed by atoms with Crippen molar-refractivity contribution >= 4 is 23.6 Å². The number of nitrogens with zero attached hydrogens (tertiary/aromatic N) is 1. The molecule has 1 aliphatic carbocycles. The van der Waals surface area contributed by atoms with Crippen LogP contribution in [0.1, 0.15) is 43.2 Å². The second-order valence-corrected chi connectivity index (χ2v) is 8.07. The summed E-state index contributed by atoms with van der Waals surface area (Å²) in [6.45, 7) is 0. The number of anilines is 1. The van der Waals surface area contributed by atoms with Gasteiger partial charge in [-0.2, -0.15) is 13.2 Å². The van der Waals surface area contributed by atoms with Crippen molar-refractivity contribution in [2.75, 3.05) is 4.90 Å². The highest BCUT2D eigenvalue weighted by molar-refractivity contribution is 6.15. The number of hydrogen-bond acceptors (Lipinski definition) is 2. The number of nitrogens with one attached hydrogen (secondary N) is 1. The molecule has 162 valence electrons. The van der Waals surface area contributed by atoms with Gasteiger partial charge < -0.3 is 5.32 Å². The summed E-state index contributed by atoms with van der Waals surface area (Å²) in [6.07, 6.45) is 2.82. The fourth-order valence-electron chi connectivity index (χ4n) is 4.26. The minimum Gasteiger partial charge on any atom is -0.351 e. The summed E-state index contributed by atoms with van der Waals surface area (Å²) in [7, 11) is 0. The van der Waals surface area contributed by atoms with Crippen molar-refractivity contribution in [1.29, 1.82) is 0 Å². The predicted octanol–water partition coefficient (Wildman–Crippen LogP) is 4.95. The molecule has 4 rings (SSSR count). The van der Waals surface area contributed by atoms with Crippen LogP contribution in [0, 0.1) is 0 Å². The van der Waals surface area contributed by atoms with Crippen molar-refractivity contribution in [3.8, 4) is 0 Å². The average Bonchev–Trinajstić information content (AvgIpc) is 3.24. The highest BCUT2D eigenvalue weighted by Crippen LogP contribution is 2.40. The maximum atomic E-state index is 13.3. The second kappa shape index (κ2) is 8.21. The lowest BCUT2D eigenvalue weighted by Gasteiger charge is -2.49. The van der Waals surface area contributed by atoms with E-state index in [0.717, 1.165) is 43.4 Å². The largest absolute Gasteiger partial charge is 0.416 e. The topological polar surface area (TPSA) is 49.4 Å². The number of rotatable bonds is 5. The normalized spacial score (nSPS) is 22.0. The molecule has 1 saturated heterocycles. The van der Waals surface area contributed by atoms with Crippen molar-refractivity contribution in [3.05, 3.63) is 71.8 Å². The van der Waals surface area contributed by atoms with Crippen LogP contribution in [0.15, 0.2) is 60.7 Å². The molecule has 1 saturated carbocycles. The van der Waals surface area contributed by atoms with Crippen molar-refractivity contribution in [1.82, 2.24) is 5.32 Å². The Labute approximate surface area is 178 Å². The minimum atomic E-state index is -4.47. The lowest BCUT2D eigenvalue weighted by Crippen LogP contribution is -2.70. The van der Waals surface area contributed by atoms with Crippen LogP contribution in [-0.4, -0.2) is 23.4 Å². The first-order chi connectivity index (χ1) is 14.8. The summed E-state index contributed by atoms with van der Waals surface area (Å²) in [6, 6.07) is 13.8. The van der Waals surface area contributed by atoms with E-state index in [0.29, 0.717) is 0 Å². The molecule has 2 aliphatic rings. The molecule has 0 radical (unpaired) electrons. The van der Waals surface area contributed by atoms with Crippen molar-refractivity contribution in [2.24, 2.45) is 0 Å². The molecule has 1 N–H and O–H groups in total. The summed E-state index contributed by atoms with van der Waals surface area (Å²) in [5, 5.41) is 3.05. The van der Waals surface area contributed by atoms with Gasteiger partial charge in [-0.15, -0.1) is 0 Å². The van der Waals surface area contributed by atoms with Gasteiger partial charge in [0.2, 0.25) is 5.91 Å². The third kappa shape index (κ3) is 4.22. The molecule has 0 bridgehead atoms. The average molecular weight is 428 g/mol. The minimum absolute atomic E-state index is 0.0318. The fourth-order valence-corrected chi connectivity index (χ4v) is 4.26. The van der Waals surface area contributed by atoms with Gasteiger partial charge in [0.05, 0.1) is 12.0 Å². The smallest absolute Gasteiger partial charge is 0.351 e. The molecule has 2 amide bonds. The highest BCUT2D eigenvalue weighted by Gasteiger charge is 2.56. The maximum Gasteiger partial charge on any atom is 0.416 e. The van der Waals surface area contributed by atoms with Crippen LogP contribution in [-0.2, 0) is 15.8 Å². The molecule has 2 fully saturated rings. The Morgan fingerprint density at radius 1 is 1.03 bits per heavy atom. The number of carbonyl (C=O) groups is 2. The van der Waals surface area contributed by atoms with Crippen LogP contribution in [0.3, 0.4) is 0 Å². The molecule has 2 aromatic carbocycles. The number of hydrogen-bond donors (Lipinski definition) is 1. The van der Waals surface area contributed by atoms with E-state index in [1.54, 1.807) is 12.2 Å². The Morgan fingerprint density at radius 2 is 1.68 bits per heavy atom. The zero-order chi connectivity index (χ0) is 22.1. The van der Waals surface area contributed by atoms with Gasteiger partial charge in [-0.25, -0.2) is 0 Å². The molecule has 1 atom stereocenters. The molecular formula is C24H23F3N2O2. The van der Waals surface area contributed by atoms with Gasteiger partial charge >= 0.3 is 6.18 Å². The quantitative estimate of drug-likeness (QED) is 0.685. The lowest BCUT2D eigenvalue weighted by molar-refractivity contribution is -0.138. The molecule has 1 heterocycles. The molecule has 0 aromatic heterocycles. The van der Waals surface area contributed by atoms with E-state index in [1.165, 1.54) is 17.0 Å². The number of amides is 2. The molecule has 1 aliphatic heterocycles. The Hall–Kier alpha value is -3.09. The number of β-lactam (4-membered cyclic amide) rings is 1. The summed E-state index contributed by atoms with van der Waals surface area (Å²) >= 11 is 0. The number of alkyl halides is 3. The number of carbonyl (C=O) groups excluding carboxylic acids is 2. The second-order valence-electron chi connectivity index (χ2n) is 8.07. The van der Waals surface area contributed by atoms with Gasteiger partial charge in [0.25, 0.3) is 5.91 Å². The first-order valence-electron chi connectivity index (χ1n) is 10.4. The summed E-state index contributed by atoms with van der Waals surface area (Å²) in [5.74, 6) is -0.606. The van der Waals surface area contributed by atoms with Gasteiger partial charge in [0.15, 0.2) is 5.54 Å². The van der Waals surface area contributed by atoms with Gasteiger partial charge in [-0.1, -0.05) is 49.2 Å². The Morgan fingerprint density at radius 3 is 2.26 bits per heavy atom. The van der Waals surface area contributed by atoms with E-state index >= 15 is 0 Å². The zero-order valence-corrected chi connectivity index (χ0v) is 16.9. The zero-order valence-electron chi connectivity index (χ0n) is 16.9. The standard InChI is InChI=1S/C24H23F3N2O2/c25-24(26,27)18-10-12-20(13-11-18)29-21(30)16-23(29,15-14-17-6-2-1-3-7-17)22(31)28-19-8-4-5-9-19/h1-3,6-7,10-15,19H,4-5,8-9,16H2,(H,28,31)/b15-14+/t23-/m0/s1. The highest BCUT2D eigenvalue weighted by atomic mass is 19.4. The molecule has 0 spiro atoms. The summed E-state index contributed by atoms with van der Waals surface area (Å²) in [4.78, 5) is 27.2. The van der Waals surface area contributed by atoms with Crippen molar-refractivity contribution in [2.45, 2.75) is 49.9 Å². The van der Waals surface area contributed by atoms with Gasteiger partial charge in [0.1, 0.15) is 0 Å². The molecule has 7 heteroatoms. The Balaban J connectivity index is 1.68. The van der Waals surface area contributed by atoms with E-state index in [9.17, 15) is 22.8 Å². The number of halogens is 3. The first kappa shape index (κ1) is 21.2. The summed E-state index contributed by atoms with van der Waals surface area (Å²) < 4.78 is 38.9. The maximum absolute atomic E-state index is 13.3. The van der Waals surface area contributed by atoms with Crippen LogP contribution in [0.25, 0.3) is 6.08 Å². The van der Waals surface area contributed by atoms with E-state index in [1.807, 2.05) is 30.3 Å². The van der Waals surface area contributed by atoms with Crippen LogP contribution in [0.4, 0.5) is 18.9 Å². The van der Waals surface area contributed by atoms with E-state index < -0.39 is 17.3 Å². The van der Waals surface area contributed by atoms with E-state index in [2.05, 4.69) is 5.32 Å². The predicted molar refractivity (Wildman–Crippen MR) is 112 cm³/mol. The monoisotopic (exact) mass is 428 g/mol. The molecule has 4 nitrogen and oxygen atoms in total. The van der Waals surface area contributed by atoms with Crippen molar-refractivity contribution in [3.63, 3.8) is 0 Å². The van der Waals surface area contributed by atoms with E-state index in [-0.39, 0.29) is 30.0 Å². The molecular weight excluding hydrogens is 405 g/mol. The Bertz CT molecular complexity index is 980. The third-order valence-corrected chi connectivity index (χ3v) is 5.96. The van der Waals surface area contributed by atoms with E-state index in [4.69, 9.17) is 0 Å². The van der Waals surface area contributed by atoms with Gasteiger partial charge in [-0.3, -0.25) is 14.5 Å². The van der Waals surface area contributed by atoms with Gasteiger partial charge in [-0.05, 0) is 48.7 Å². The van der Waals surface area contributed by atoms with Crippen LogP contribution >= 0.6 is 0 Å². The SMILES string of the molecule is O=C1C[C@@](/C=C/c2ccccc2)(C(=O)NC2CCCC2)N1c1ccc(C(F)(F)F)cc1. The third-order valence-electron chi connectivity index (χ3n) is 5.96. The number of benzene rings is 2. The molecule has 0 unspecified atom stereocenters. The molecule has 2 aromatic rings. The summed E-state index contributed by atoms with van der Waals surface area (Å²) in [5.41, 5.74) is -0.939. The van der Waals surface area contributed by atoms with Gasteiger partial charge in [0, 0.05) is 11.7 Å². The van der Waals surface area contributed by atoms with Crippen molar-refractivity contribution < 1.29 is 22.8 Å².